The highest BCUT2D eigenvalue weighted by Gasteiger charge is 2.22. The van der Waals surface area contributed by atoms with Crippen molar-refractivity contribution in [1.29, 1.82) is 0 Å². The Balaban J connectivity index is 1.83. The number of anilines is 2. The summed E-state index contributed by atoms with van der Waals surface area (Å²) in [4.78, 5) is 38.9. The zero-order valence-electron chi connectivity index (χ0n) is 12.1. The number of aromatic nitrogens is 1. The fourth-order valence-corrected chi connectivity index (χ4v) is 2.54. The highest BCUT2D eigenvalue weighted by atomic mass is 16.2. The summed E-state index contributed by atoms with van der Waals surface area (Å²) in [6.07, 6.45) is 2.19. The van der Waals surface area contributed by atoms with Crippen LogP contribution in [0.15, 0.2) is 41.3 Å². The van der Waals surface area contributed by atoms with Crippen molar-refractivity contribution in [1.82, 2.24) is 4.98 Å². The predicted molar refractivity (Wildman–Crippen MR) is 83.2 cm³/mol. The Kier molecular flexibility index (Phi) is 3.50. The largest absolute Gasteiger partial charge is 0.328 e. The quantitative estimate of drug-likeness (QED) is 0.882. The topological polar surface area (TPSA) is 82.3 Å². The van der Waals surface area contributed by atoms with Crippen molar-refractivity contribution >= 4 is 23.2 Å². The SMILES string of the molecule is CC(=O)N1CCc2ccc(NC(=O)c3ccc(=O)[nH]c3)cc21. The Morgan fingerprint density at radius 1 is 1.23 bits per heavy atom. The zero-order valence-corrected chi connectivity index (χ0v) is 12.1. The Morgan fingerprint density at radius 2 is 2.05 bits per heavy atom. The fourth-order valence-electron chi connectivity index (χ4n) is 2.54. The molecule has 3 rings (SSSR count). The van der Waals surface area contributed by atoms with Gasteiger partial charge in [0.1, 0.15) is 0 Å². The van der Waals surface area contributed by atoms with Gasteiger partial charge in [-0.05, 0) is 30.2 Å². The number of aromatic amines is 1. The second-order valence-electron chi connectivity index (χ2n) is 5.16. The van der Waals surface area contributed by atoms with Crippen molar-refractivity contribution < 1.29 is 9.59 Å². The van der Waals surface area contributed by atoms with Crippen molar-refractivity contribution in [2.45, 2.75) is 13.3 Å². The molecule has 112 valence electrons. The van der Waals surface area contributed by atoms with Gasteiger partial charge in [0.25, 0.3) is 5.91 Å². The molecule has 0 spiro atoms. The second kappa shape index (κ2) is 5.48. The molecular formula is C16H15N3O3. The molecule has 0 unspecified atom stereocenters. The van der Waals surface area contributed by atoms with Gasteiger partial charge in [0, 0.05) is 37.1 Å². The Morgan fingerprint density at radius 3 is 2.73 bits per heavy atom. The summed E-state index contributed by atoms with van der Waals surface area (Å²) in [5.74, 6) is -0.327. The van der Waals surface area contributed by atoms with Gasteiger partial charge in [-0.3, -0.25) is 14.4 Å². The Bertz CT molecular complexity index is 790. The summed E-state index contributed by atoms with van der Waals surface area (Å²) >= 11 is 0. The van der Waals surface area contributed by atoms with Crippen LogP contribution in [0.1, 0.15) is 22.8 Å². The van der Waals surface area contributed by atoms with E-state index in [0.29, 0.717) is 17.8 Å². The molecule has 1 aliphatic rings. The summed E-state index contributed by atoms with van der Waals surface area (Å²) in [6, 6.07) is 8.29. The highest BCUT2D eigenvalue weighted by molar-refractivity contribution is 6.04. The molecule has 0 aliphatic carbocycles. The number of fused-ring (bicyclic) bond motifs is 1. The van der Waals surface area contributed by atoms with Crippen molar-refractivity contribution in [3.05, 3.63) is 58.0 Å². The molecule has 1 aromatic heterocycles. The van der Waals surface area contributed by atoms with Crippen LogP contribution in [0.4, 0.5) is 11.4 Å². The van der Waals surface area contributed by atoms with Crippen molar-refractivity contribution in [3.63, 3.8) is 0 Å². The molecule has 1 aliphatic heterocycles. The average molecular weight is 297 g/mol. The van der Waals surface area contributed by atoms with Gasteiger partial charge in [-0.2, -0.15) is 0 Å². The molecule has 0 fully saturated rings. The number of rotatable bonds is 2. The summed E-state index contributed by atoms with van der Waals surface area (Å²) in [5.41, 5.74) is 2.65. The summed E-state index contributed by atoms with van der Waals surface area (Å²) in [7, 11) is 0. The van der Waals surface area contributed by atoms with Crippen molar-refractivity contribution in [2.75, 3.05) is 16.8 Å². The number of hydrogen-bond donors (Lipinski definition) is 2. The Labute approximate surface area is 126 Å². The minimum Gasteiger partial charge on any atom is -0.328 e. The molecular weight excluding hydrogens is 282 g/mol. The van der Waals surface area contributed by atoms with Gasteiger partial charge in [0.15, 0.2) is 0 Å². The number of carbonyl (C=O) groups is 2. The maximum atomic E-state index is 12.1. The van der Waals surface area contributed by atoms with E-state index in [1.165, 1.54) is 25.3 Å². The highest BCUT2D eigenvalue weighted by Crippen LogP contribution is 2.31. The van der Waals surface area contributed by atoms with E-state index in [2.05, 4.69) is 10.3 Å². The lowest BCUT2D eigenvalue weighted by Crippen LogP contribution is -2.25. The lowest BCUT2D eigenvalue weighted by Gasteiger charge is -2.15. The third-order valence-electron chi connectivity index (χ3n) is 3.67. The first-order chi connectivity index (χ1) is 10.5. The summed E-state index contributed by atoms with van der Waals surface area (Å²) < 4.78 is 0. The van der Waals surface area contributed by atoms with Crippen LogP contribution < -0.4 is 15.8 Å². The van der Waals surface area contributed by atoms with Gasteiger partial charge in [-0.1, -0.05) is 6.07 Å². The van der Waals surface area contributed by atoms with Crippen LogP contribution >= 0.6 is 0 Å². The minimum atomic E-state index is -0.316. The van der Waals surface area contributed by atoms with E-state index in [4.69, 9.17) is 0 Å². The molecule has 0 atom stereocenters. The first-order valence-corrected chi connectivity index (χ1v) is 6.96. The van der Waals surface area contributed by atoms with E-state index in [9.17, 15) is 14.4 Å². The molecule has 2 heterocycles. The van der Waals surface area contributed by atoms with Crippen LogP contribution in [0.2, 0.25) is 0 Å². The molecule has 2 amide bonds. The number of carbonyl (C=O) groups excluding carboxylic acids is 2. The molecule has 22 heavy (non-hydrogen) atoms. The molecule has 0 radical (unpaired) electrons. The van der Waals surface area contributed by atoms with Gasteiger partial charge >= 0.3 is 0 Å². The van der Waals surface area contributed by atoms with Crippen LogP contribution in [-0.4, -0.2) is 23.3 Å². The summed E-state index contributed by atoms with van der Waals surface area (Å²) in [5, 5.41) is 2.77. The molecule has 2 N–H and O–H groups in total. The van der Waals surface area contributed by atoms with Crippen LogP contribution in [0.25, 0.3) is 0 Å². The van der Waals surface area contributed by atoms with Crippen molar-refractivity contribution in [2.24, 2.45) is 0 Å². The van der Waals surface area contributed by atoms with Crippen LogP contribution in [0.3, 0.4) is 0 Å². The van der Waals surface area contributed by atoms with Crippen LogP contribution in [-0.2, 0) is 11.2 Å². The van der Waals surface area contributed by atoms with E-state index in [1.54, 1.807) is 11.0 Å². The number of nitrogens with zero attached hydrogens (tertiary/aromatic N) is 1. The van der Waals surface area contributed by atoms with E-state index in [1.807, 2.05) is 12.1 Å². The molecule has 0 bridgehead atoms. The first kappa shape index (κ1) is 14.1. The summed E-state index contributed by atoms with van der Waals surface area (Å²) in [6.45, 7) is 2.20. The van der Waals surface area contributed by atoms with E-state index in [-0.39, 0.29) is 17.4 Å². The van der Waals surface area contributed by atoms with E-state index in [0.717, 1.165) is 17.7 Å². The Hall–Kier alpha value is -2.89. The van der Waals surface area contributed by atoms with Crippen molar-refractivity contribution in [3.8, 4) is 0 Å². The van der Waals surface area contributed by atoms with E-state index >= 15 is 0 Å². The van der Waals surface area contributed by atoms with Gasteiger partial charge < -0.3 is 15.2 Å². The molecule has 0 saturated carbocycles. The smallest absolute Gasteiger partial charge is 0.257 e. The molecule has 1 aromatic carbocycles. The third-order valence-corrected chi connectivity index (χ3v) is 3.67. The maximum Gasteiger partial charge on any atom is 0.257 e. The number of hydrogen-bond acceptors (Lipinski definition) is 3. The number of nitrogens with one attached hydrogen (secondary N) is 2. The third kappa shape index (κ3) is 2.63. The molecule has 6 heteroatoms. The minimum absolute atomic E-state index is 0.0112. The second-order valence-corrected chi connectivity index (χ2v) is 5.16. The monoisotopic (exact) mass is 297 g/mol. The molecule has 0 saturated heterocycles. The van der Waals surface area contributed by atoms with Gasteiger partial charge in [0.2, 0.25) is 11.5 Å². The normalized spacial score (nSPS) is 12.9. The number of pyridine rings is 1. The molecule has 6 nitrogen and oxygen atoms in total. The predicted octanol–water partition coefficient (Wildman–Crippen LogP) is 1.54. The number of benzene rings is 1. The van der Waals surface area contributed by atoms with Crippen LogP contribution in [0, 0.1) is 0 Å². The first-order valence-electron chi connectivity index (χ1n) is 6.96. The maximum absolute atomic E-state index is 12.1. The number of H-pyrrole nitrogens is 1. The lowest BCUT2D eigenvalue weighted by atomic mass is 10.1. The number of amides is 2. The van der Waals surface area contributed by atoms with Crippen LogP contribution in [0.5, 0.6) is 0 Å². The fraction of sp³-hybridized carbons (Fsp3) is 0.188. The standard InChI is InChI=1S/C16H15N3O3/c1-10(20)19-7-6-11-2-4-13(8-14(11)19)18-16(22)12-3-5-15(21)17-9-12/h2-5,8-9H,6-7H2,1H3,(H,17,21)(H,18,22). The lowest BCUT2D eigenvalue weighted by molar-refractivity contribution is -0.116. The average Bonchev–Trinajstić information content (AvgIpc) is 2.91. The van der Waals surface area contributed by atoms with Gasteiger partial charge in [0.05, 0.1) is 5.56 Å². The van der Waals surface area contributed by atoms with Gasteiger partial charge in [-0.15, -0.1) is 0 Å². The molecule has 2 aromatic rings. The zero-order chi connectivity index (χ0) is 15.7. The van der Waals surface area contributed by atoms with E-state index < -0.39 is 0 Å². The van der Waals surface area contributed by atoms with Gasteiger partial charge in [-0.25, -0.2) is 0 Å².